The van der Waals surface area contributed by atoms with Crippen LogP contribution in [0.2, 0.25) is 0 Å². The number of nitrogens with zero attached hydrogens (tertiary/aromatic N) is 2. The lowest BCUT2D eigenvalue weighted by atomic mass is 10.1. The summed E-state index contributed by atoms with van der Waals surface area (Å²) in [7, 11) is 0. The minimum Gasteiger partial charge on any atom is -0.436 e. The van der Waals surface area contributed by atoms with Gasteiger partial charge in [-0.25, -0.2) is 9.37 Å². The van der Waals surface area contributed by atoms with Gasteiger partial charge in [0.05, 0.1) is 30.5 Å². The highest BCUT2D eigenvalue weighted by atomic mass is 19.1. The van der Waals surface area contributed by atoms with Gasteiger partial charge in [-0.3, -0.25) is 4.79 Å². The van der Waals surface area contributed by atoms with Crippen molar-refractivity contribution in [2.45, 2.75) is 0 Å². The van der Waals surface area contributed by atoms with Gasteiger partial charge in [-0.15, -0.1) is 0 Å². The van der Waals surface area contributed by atoms with Gasteiger partial charge in [0.25, 0.3) is 5.91 Å². The molecule has 0 atom stereocenters. The van der Waals surface area contributed by atoms with Crippen molar-refractivity contribution >= 4 is 17.3 Å². The van der Waals surface area contributed by atoms with Crippen molar-refractivity contribution in [3.63, 3.8) is 0 Å². The summed E-state index contributed by atoms with van der Waals surface area (Å²) in [5.41, 5.74) is 3.04. The zero-order chi connectivity index (χ0) is 22.6. The zero-order valence-electron chi connectivity index (χ0n) is 17.8. The van der Waals surface area contributed by atoms with Crippen molar-refractivity contribution in [3.05, 3.63) is 90.4 Å². The number of hydrogen-bond acceptors (Lipinski definition) is 5. The van der Waals surface area contributed by atoms with Gasteiger partial charge in [-0.2, -0.15) is 0 Å². The normalized spacial score (nSPS) is 13.7. The van der Waals surface area contributed by atoms with E-state index in [-0.39, 0.29) is 11.8 Å². The first-order valence-corrected chi connectivity index (χ1v) is 10.7. The maximum atomic E-state index is 14.1. The maximum absolute atomic E-state index is 14.1. The van der Waals surface area contributed by atoms with Gasteiger partial charge in [0, 0.05) is 30.0 Å². The van der Waals surface area contributed by atoms with Crippen molar-refractivity contribution in [2.24, 2.45) is 0 Å². The van der Waals surface area contributed by atoms with Crippen LogP contribution in [0.1, 0.15) is 10.4 Å². The molecule has 5 rings (SSSR count). The molecule has 1 fully saturated rings. The summed E-state index contributed by atoms with van der Waals surface area (Å²) in [6, 6.07) is 21.1. The lowest BCUT2D eigenvalue weighted by Gasteiger charge is -2.28. The summed E-state index contributed by atoms with van der Waals surface area (Å²) in [6.07, 6.45) is 1.47. The predicted molar refractivity (Wildman–Crippen MR) is 125 cm³/mol. The molecule has 6 nitrogen and oxygen atoms in total. The summed E-state index contributed by atoms with van der Waals surface area (Å²) in [5.74, 6) is -0.124. The molecule has 0 saturated carbocycles. The molecule has 1 aliphatic rings. The van der Waals surface area contributed by atoms with Crippen molar-refractivity contribution in [3.8, 4) is 22.8 Å². The Morgan fingerprint density at radius 3 is 2.36 bits per heavy atom. The highest BCUT2D eigenvalue weighted by Gasteiger charge is 2.18. The van der Waals surface area contributed by atoms with Gasteiger partial charge in [-0.1, -0.05) is 24.3 Å². The number of aromatic nitrogens is 1. The van der Waals surface area contributed by atoms with E-state index >= 15 is 0 Å². The number of morpholine rings is 1. The number of ether oxygens (including phenoxy) is 1. The van der Waals surface area contributed by atoms with Crippen molar-refractivity contribution in [2.75, 3.05) is 36.5 Å². The molecule has 3 aromatic carbocycles. The average Bonchev–Trinajstić information content (AvgIpc) is 3.35. The molecule has 1 N–H and O–H groups in total. The fourth-order valence-electron chi connectivity index (χ4n) is 3.83. The first-order chi connectivity index (χ1) is 16.2. The Bertz CT molecular complexity index is 1260. The molecule has 1 aliphatic heterocycles. The number of nitrogens with one attached hydrogen (secondary N) is 1. The fourth-order valence-corrected chi connectivity index (χ4v) is 3.83. The van der Waals surface area contributed by atoms with Gasteiger partial charge in [-0.05, 0) is 48.5 Å². The average molecular weight is 443 g/mol. The van der Waals surface area contributed by atoms with Gasteiger partial charge in [0.15, 0.2) is 5.76 Å². The minimum atomic E-state index is -0.397. The van der Waals surface area contributed by atoms with E-state index in [0.29, 0.717) is 41.4 Å². The monoisotopic (exact) mass is 443 g/mol. The van der Waals surface area contributed by atoms with Crippen LogP contribution in [0.25, 0.3) is 22.8 Å². The molecule has 33 heavy (non-hydrogen) atoms. The van der Waals surface area contributed by atoms with Crippen LogP contribution in [-0.2, 0) is 4.74 Å². The number of carbonyl (C=O) groups excluding carboxylic acids is 1. The highest BCUT2D eigenvalue weighted by molar-refractivity contribution is 6.08. The van der Waals surface area contributed by atoms with Crippen LogP contribution in [0.5, 0.6) is 0 Å². The van der Waals surface area contributed by atoms with Crippen LogP contribution in [0, 0.1) is 5.82 Å². The van der Waals surface area contributed by atoms with E-state index in [4.69, 9.17) is 9.15 Å². The molecule has 0 bridgehead atoms. The third-order valence-corrected chi connectivity index (χ3v) is 5.55. The second-order valence-electron chi connectivity index (χ2n) is 7.66. The number of hydrogen-bond donors (Lipinski definition) is 1. The molecule has 1 aromatic heterocycles. The number of oxazole rings is 1. The van der Waals surface area contributed by atoms with Crippen LogP contribution < -0.4 is 10.2 Å². The number of benzene rings is 3. The predicted octanol–water partition coefficient (Wildman–Crippen LogP) is 5.24. The lowest BCUT2D eigenvalue weighted by Crippen LogP contribution is -2.36. The molecule has 1 amide bonds. The zero-order valence-corrected chi connectivity index (χ0v) is 17.8. The van der Waals surface area contributed by atoms with Crippen LogP contribution >= 0.6 is 0 Å². The van der Waals surface area contributed by atoms with Crippen LogP contribution in [0.15, 0.2) is 83.4 Å². The summed E-state index contributed by atoms with van der Waals surface area (Å²) in [4.78, 5) is 19.6. The first kappa shape index (κ1) is 20.9. The molecule has 0 aliphatic carbocycles. The molecule has 4 aromatic rings. The number of rotatable bonds is 5. The van der Waals surface area contributed by atoms with Gasteiger partial charge in [0.1, 0.15) is 5.82 Å². The smallest absolute Gasteiger partial charge is 0.256 e. The minimum absolute atomic E-state index is 0.252. The van der Waals surface area contributed by atoms with Crippen molar-refractivity contribution in [1.29, 1.82) is 0 Å². The second-order valence-corrected chi connectivity index (χ2v) is 7.66. The molecule has 0 spiro atoms. The second kappa shape index (κ2) is 9.26. The largest absolute Gasteiger partial charge is 0.436 e. The Labute approximate surface area is 190 Å². The summed E-state index contributed by atoms with van der Waals surface area (Å²) < 4.78 is 25.3. The van der Waals surface area contributed by atoms with Gasteiger partial charge in [0.2, 0.25) is 5.89 Å². The van der Waals surface area contributed by atoms with Crippen molar-refractivity contribution in [1.82, 2.24) is 4.98 Å². The van der Waals surface area contributed by atoms with Crippen molar-refractivity contribution < 1.29 is 18.3 Å². The van der Waals surface area contributed by atoms with E-state index in [1.165, 1.54) is 12.3 Å². The Morgan fingerprint density at radius 2 is 1.61 bits per heavy atom. The Morgan fingerprint density at radius 1 is 0.909 bits per heavy atom. The fraction of sp³-hybridized carbons (Fsp3) is 0.154. The SMILES string of the molecule is O=C(Nc1ccc(N2CCOCC2)cc1)c1ccccc1-c1ncc(-c2ccccc2F)o1. The van der Waals surface area contributed by atoms with E-state index < -0.39 is 5.82 Å². The Kier molecular flexibility index (Phi) is 5.87. The number of amides is 1. The molecule has 7 heteroatoms. The van der Waals surface area contributed by atoms with E-state index in [9.17, 15) is 9.18 Å². The maximum Gasteiger partial charge on any atom is 0.256 e. The highest BCUT2D eigenvalue weighted by Crippen LogP contribution is 2.30. The quantitative estimate of drug-likeness (QED) is 0.457. The first-order valence-electron chi connectivity index (χ1n) is 10.7. The van der Waals surface area contributed by atoms with Crippen LogP contribution in [-0.4, -0.2) is 37.2 Å². The summed E-state index contributed by atoms with van der Waals surface area (Å²) in [5, 5.41) is 2.93. The van der Waals surface area contributed by atoms with Gasteiger partial charge < -0.3 is 19.4 Å². The molecule has 2 heterocycles. The molecule has 1 saturated heterocycles. The molecule has 166 valence electrons. The van der Waals surface area contributed by atoms with E-state index in [0.717, 1.165) is 18.8 Å². The van der Waals surface area contributed by atoms with Crippen LogP contribution in [0.3, 0.4) is 0 Å². The van der Waals surface area contributed by atoms with E-state index in [1.807, 2.05) is 24.3 Å². The standard InChI is InChI=1S/C26H22FN3O3/c27-23-8-4-3-7-22(23)24-17-28-26(33-24)21-6-2-1-5-20(21)25(31)29-18-9-11-19(12-10-18)30-13-15-32-16-14-30/h1-12,17H,13-16H2,(H,29,31). The lowest BCUT2D eigenvalue weighted by molar-refractivity contribution is 0.102. The molecule has 0 radical (unpaired) electrons. The summed E-state index contributed by atoms with van der Waals surface area (Å²) >= 11 is 0. The third kappa shape index (κ3) is 4.49. The summed E-state index contributed by atoms with van der Waals surface area (Å²) in [6.45, 7) is 3.14. The topological polar surface area (TPSA) is 67.6 Å². The van der Waals surface area contributed by atoms with E-state index in [2.05, 4.69) is 15.2 Å². The molecular weight excluding hydrogens is 421 g/mol. The molecular formula is C26H22FN3O3. The number of halogens is 1. The van der Waals surface area contributed by atoms with Crippen LogP contribution in [0.4, 0.5) is 15.8 Å². The number of anilines is 2. The number of carbonyl (C=O) groups is 1. The third-order valence-electron chi connectivity index (χ3n) is 5.55. The van der Waals surface area contributed by atoms with Gasteiger partial charge >= 0.3 is 0 Å². The molecule has 0 unspecified atom stereocenters. The Balaban J connectivity index is 1.36. The Hall–Kier alpha value is -3.97. The van der Waals surface area contributed by atoms with E-state index in [1.54, 1.807) is 42.5 Å².